The van der Waals surface area contributed by atoms with Gasteiger partial charge >= 0.3 is 0 Å². The van der Waals surface area contributed by atoms with Crippen LogP contribution in [-0.2, 0) is 0 Å². The van der Waals surface area contributed by atoms with Gasteiger partial charge in [0.05, 0.1) is 0 Å². The van der Waals surface area contributed by atoms with E-state index in [-0.39, 0.29) is 0 Å². The maximum atomic E-state index is 3.51. The van der Waals surface area contributed by atoms with E-state index in [9.17, 15) is 0 Å². The highest BCUT2D eigenvalue weighted by atomic mass is 15.1. The molecule has 0 radical (unpaired) electrons. The van der Waals surface area contributed by atoms with Gasteiger partial charge in [0.2, 0.25) is 0 Å². The fourth-order valence-electron chi connectivity index (χ4n) is 2.33. The van der Waals surface area contributed by atoms with Crippen LogP contribution >= 0.6 is 0 Å². The Labute approximate surface area is 105 Å². The lowest BCUT2D eigenvalue weighted by Crippen LogP contribution is -2.17. The highest BCUT2D eigenvalue weighted by Gasteiger charge is 2.12. The zero-order valence-corrected chi connectivity index (χ0v) is 11.3. The average Bonchev–Trinajstić information content (AvgIpc) is 2.80. The zero-order chi connectivity index (χ0) is 12.3. The number of nitrogens with one attached hydrogen (secondary N) is 1. The normalized spacial score (nSPS) is 15.6. The first-order valence-electron chi connectivity index (χ1n) is 6.76. The van der Waals surface area contributed by atoms with Crippen LogP contribution in [0.15, 0.2) is 18.2 Å². The predicted molar refractivity (Wildman–Crippen MR) is 76.0 cm³/mol. The van der Waals surface area contributed by atoms with Crippen LogP contribution in [0.3, 0.4) is 0 Å². The minimum Gasteiger partial charge on any atom is -0.385 e. The van der Waals surface area contributed by atoms with Gasteiger partial charge in [-0.1, -0.05) is 13.8 Å². The lowest BCUT2D eigenvalue weighted by Gasteiger charge is -2.20. The quantitative estimate of drug-likeness (QED) is 0.852. The average molecular weight is 232 g/mol. The van der Waals surface area contributed by atoms with E-state index in [2.05, 4.69) is 49.2 Å². The van der Waals surface area contributed by atoms with Crippen LogP contribution in [-0.4, -0.2) is 19.6 Å². The topological polar surface area (TPSA) is 15.3 Å². The van der Waals surface area contributed by atoms with Crippen molar-refractivity contribution in [3.63, 3.8) is 0 Å². The molecular weight excluding hydrogens is 208 g/mol. The summed E-state index contributed by atoms with van der Waals surface area (Å²) in [4.78, 5) is 2.49. The molecule has 0 saturated carbocycles. The minimum atomic E-state index is 0.688. The number of aryl methyl sites for hydroxylation is 1. The first kappa shape index (κ1) is 12.3. The number of nitrogens with zero attached hydrogens (tertiary/aromatic N) is 1. The molecule has 1 aliphatic rings. The molecule has 0 aromatic heterocycles. The molecule has 94 valence electrons. The molecule has 17 heavy (non-hydrogen) atoms. The molecule has 2 nitrogen and oxygen atoms in total. The summed E-state index contributed by atoms with van der Waals surface area (Å²) in [5.74, 6) is 0.688. The Hall–Kier alpha value is -1.18. The van der Waals surface area contributed by atoms with E-state index in [1.54, 1.807) is 0 Å². The molecule has 0 aliphatic carbocycles. The maximum absolute atomic E-state index is 3.51. The summed E-state index contributed by atoms with van der Waals surface area (Å²) in [6.07, 6.45) is 2.68. The van der Waals surface area contributed by atoms with Crippen molar-refractivity contribution in [3.05, 3.63) is 23.8 Å². The fourth-order valence-corrected chi connectivity index (χ4v) is 2.33. The predicted octanol–water partition coefficient (Wildman–Crippen LogP) is 3.66. The number of rotatable bonds is 4. The molecule has 1 saturated heterocycles. The van der Waals surface area contributed by atoms with Crippen LogP contribution < -0.4 is 10.2 Å². The molecule has 1 fully saturated rings. The monoisotopic (exact) mass is 232 g/mol. The second-order valence-electron chi connectivity index (χ2n) is 5.47. The van der Waals surface area contributed by atoms with Gasteiger partial charge in [0, 0.05) is 31.0 Å². The van der Waals surface area contributed by atoms with Crippen LogP contribution in [0.2, 0.25) is 0 Å². The Bertz CT molecular complexity index is 365. The van der Waals surface area contributed by atoms with Gasteiger partial charge in [-0.25, -0.2) is 0 Å². The van der Waals surface area contributed by atoms with Gasteiger partial charge in [-0.2, -0.15) is 0 Å². The molecule has 0 unspecified atom stereocenters. The van der Waals surface area contributed by atoms with E-state index >= 15 is 0 Å². The van der Waals surface area contributed by atoms with Gasteiger partial charge in [-0.3, -0.25) is 0 Å². The molecule has 1 aliphatic heterocycles. The third kappa shape index (κ3) is 3.15. The molecule has 2 heteroatoms. The largest absolute Gasteiger partial charge is 0.385 e. The summed E-state index contributed by atoms with van der Waals surface area (Å²) in [6.45, 7) is 10.2. The van der Waals surface area contributed by atoms with Crippen molar-refractivity contribution in [1.29, 1.82) is 0 Å². The summed E-state index contributed by atoms with van der Waals surface area (Å²) < 4.78 is 0. The minimum absolute atomic E-state index is 0.688. The van der Waals surface area contributed by atoms with Crippen LogP contribution in [0.1, 0.15) is 32.3 Å². The fraction of sp³-hybridized carbons (Fsp3) is 0.600. The molecule has 0 spiro atoms. The first-order valence-corrected chi connectivity index (χ1v) is 6.76. The van der Waals surface area contributed by atoms with E-state index in [0.29, 0.717) is 5.92 Å². The molecule has 0 atom stereocenters. The van der Waals surface area contributed by atoms with Crippen LogP contribution in [0, 0.1) is 12.8 Å². The molecule has 0 bridgehead atoms. The van der Waals surface area contributed by atoms with Crippen molar-refractivity contribution in [1.82, 2.24) is 0 Å². The third-order valence-corrected chi connectivity index (χ3v) is 3.38. The summed E-state index contributed by atoms with van der Waals surface area (Å²) in [6, 6.07) is 6.79. The molecular formula is C15H24N2. The molecule has 0 amide bonds. The van der Waals surface area contributed by atoms with Gasteiger partial charge in [0.25, 0.3) is 0 Å². The first-order chi connectivity index (χ1) is 8.16. The van der Waals surface area contributed by atoms with E-state index in [4.69, 9.17) is 0 Å². The molecule has 1 aromatic carbocycles. The van der Waals surface area contributed by atoms with Crippen molar-refractivity contribution in [2.75, 3.05) is 29.9 Å². The second-order valence-corrected chi connectivity index (χ2v) is 5.47. The lowest BCUT2D eigenvalue weighted by atomic mass is 10.1. The number of anilines is 2. The molecule has 1 N–H and O–H groups in total. The van der Waals surface area contributed by atoms with Crippen molar-refractivity contribution in [3.8, 4) is 0 Å². The van der Waals surface area contributed by atoms with Gasteiger partial charge in [0.1, 0.15) is 0 Å². The van der Waals surface area contributed by atoms with E-state index in [1.165, 1.54) is 42.9 Å². The zero-order valence-electron chi connectivity index (χ0n) is 11.3. The summed E-state index contributed by atoms with van der Waals surface area (Å²) >= 11 is 0. The highest BCUT2D eigenvalue weighted by molar-refractivity contribution is 5.60. The smallest absolute Gasteiger partial charge is 0.0371 e. The standard InChI is InChI=1S/C15H24N2/c1-12(2)11-16-15-7-6-14(10-13(15)3)17-8-4-5-9-17/h6-7,10,12,16H,4-5,8-9,11H2,1-3H3. The number of hydrogen-bond acceptors (Lipinski definition) is 2. The highest BCUT2D eigenvalue weighted by Crippen LogP contribution is 2.25. The lowest BCUT2D eigenvalue weighted by molar-refractivity contribution is 0.688. The van der Waals surface area contributed by atoms with E-state index < -0.39 is 0 Å². The van der Waals surface area contributed by atoms with Crippen LogP contribution in [0.4, 0.5) is 11.4 Å². The Morgan fingerprint density at radius 3 is 2.53 bits per heavy atom. The van der Waals surface area contributed by atoms with Crippen LogP contribution in [0.5, 0.6) is 0 Å². The summed E-state index contributed by atoms with van der Waals surface area (Å²) in [7, 11) is 0. The van der Waals surface area contributed by atoms with Gasteiger partial charge < -0.3 is 10.2 Å². The van der Waals surface area contributed by atoms with Crippen molar-refractivity contribution in [2.24, 2.45) is 5.92 Å². The van der Waals surface area contributed by atoms with Gasteiger partial charge in [-0.15, -0.1) is 0 Å². The Morgan fingerprint density at radius 1 is 1.24 bits per heavy atom. The summed E-state index contributed by atoms with van der Waals surface area (Å²) in [5, 5.41) is 3.51. The van der Waals surface area contributed by atoms with Crippen molar-refractivity contribution < 1.29 is 0 Å². The van der Waals surface area contributed by atoms with Crippen molar-refractivity contribution in [2.45, 2.75) is 33.6 Å². The van der Waals surface area contributed by atoms with E-state index in [0.717, 1.165) is 6.54 Å². The number of hydrogen-bond donors (Lipinski definition) is 1. The Kier molecular flexibility index (Phi) is 3.93. The van der Waals surface area contributed by atoms with E-state index in [1.807, 2.05) is 0 Å². The Morgan fingerprint density at radius 2 is 1.94 bits per heavy atom. The van der Waals surface area contributed by atoms with Gasteiger partial charge in [-0.05, 0) is 49.4 Å². The summed E-state index contributed by atoms with van der Waals surface area (Å²) in [5.41, 5.74) is 4.02. The number of benzene rings is 1. The SMILES string of the molecule is Cc1cc(N2CCCC2)ccc1NCC(C)C. The van der Waals surface area contributed by atoms with Crippen molar-refractivity contribution >= 4 is 11.4 Å². The Balaban J connectivity index is 2.05. The molecule has 2 rings (SSSR count). The van der Waals surface area contributed by atoms with Crippen LogP contribution in [0.25, 0.3) is 0 Å². The second kappa shape index (κ2) is 5.44. The molecule has 1 aromatic rings. The third-order valence-electron chi connectivity index (χ3n) is 3.38. The van der Waals surface area contributed by atoms with Gasteiger partial charge in [0.15, 0.2) is 0 Å². The maximum Gasteiger partial charge on any atom is 0.0371 e. The molecule has 1 heterocycles.